The van der Waals surface area contributed by atoms with Crippen LogP contribution in [0.15, 0.2) is 42.5 Å². The van der Waals surface area contributed by atoms with Crippen molar-refractivity contribution in [3.05, 3.63) is 59.2 Å². The highest BCUT2D eigenvalue weighted by atomic mass is 16.5. The van der Waals surface area contributed by atoms with Gasteiger partial charge in [-0.1, -0.05) is 32.0 Å². The molecule has 26 heavy (non-hydrogen) atoms. The standard InChI is InChI=1S/C21H26N2O3/c1-14(2)20-10-9-19(11-15(20)3)26-13-21(25)22-12-17-5-7-18(8-6-17)23-16(4)24/h5-11,14H,12-13H2,1-4H3,(H,22,25)(H,23,24). The minimum absolute atomic E-state index is 0.0234. The Morgan fingerprint density at radius 3 is 2.35 bits per heavy atom. The average molecular weight is 354 g/mol. The highest BCUT2D eigenvalue weighted by molar-refractivity contribution is 5.88. The van der Waals surface area contributed by atoms with E-state index in [1.807, 2.05) is 37.3 Å². The fourth-order valence-corrected chi connectivity index (χ4v) is 2.70. The molecule has 2 aromatic rings. The van der Waals surface area contributed by atoms with Crippen LogP contribution in [-0.2, 0) is 16.1 Å². The van der Waals surface area contributed by atoms with E-state index in [1.165, 1.54) is 12.5 Å². The van der Waals surface area contributed by atoms with Crippen molar-refractivity contribution in [3.63, 3.8) is 0 Å². The van der Waals surface area contributed by atoms with Crippen LogP contribution >= 0.6 is 0 Å². The molecule has 5 heteroatoms. The average Bonchev–Trinajstić information content (AvgIpc) is 2.58. The second kappa shape index (κ2) is 9.04. The quantitative estimate of drug-likeness (QED) is 0.795. The van der Waals surface area contributed by atoms with E-state index in [0.717, 1.165) is 16.8 Å². The van der Waals surface area contributed by atoms with E-state index >= 15 is 0 Å². The second-order valence-corrected chi connectivity index (χ2v) is 6.62. The summed E-state index contributed by atoms with van der Waals surface area (Å²) >= 11 is 0. The Bertz CT molecular complexity index is 767. The lowest BCUT2D eigenvalue weighted by Gasteiger charge is -2.12. The molecule has 0 spiro atoms. The van der Waals surface area contributed by atoms with Crippen LogP contribution in [0.5, 0.6) is 5.75 Å². The van der Waals surface area contributed by atoms with E-state index < -0.39 is 0 Å². The van der Waals surface area contributed by atoms with Crippen molar-refractivity contribution in [2.75, 3.05) is 11.9 Å². The van der Waals surface area contributed by atoms with Gasteiger partial charge in [-0.25, -0.2) is 0 Å². The lowest BCUT2D eigenvalue weighted by Crippen LogP contribution is -2.28. The molecular formula is C21H26N2O3. The molecule has 0 fully saturated rings. The minimum atomic E-state index is -0.179. The number of hydrogen-bond acceptors (Lipinski definition) is 3. The molecule has 0 aliphatic carbocycles. The summed E-state index contributed by atoms with van der Waals surface area (Å²) in [6, 6.07) is 13.2. The highest BCUT2D eigenvalue weighted by Gasteiger charge is 2.07. The zero-order chi connectivity index (χ0) is 19.1. The fourth-order valence-electron chi connectivity index (χ4n) is 2.70. The molecule has 2 rings (SSSR count). The molecule has 2 amide bonds. The molecule has 0 atom stereocenters. The molecule has 0 saturated carbocycles. The van der Waals surface area contributed by atoms with Gasteiger partial charge in [0, 0.05) is 19.2 Å². The van der Waals surface area contributed by atoms with Crippen molar-refractivity contribution >= 4 is 17.5 Å². The molecule has 0 aromatic heterocycles. The first-order valence-corrected chi connectivity index (χ1v) is 8.71. The number of aryl methyl sites for hydroxylation is 1. The molecule has 2 aromatic carbocycles. The van der Waals surface area contributed by atoms with E-state index in [-0.39, 0.29) is 18.4 Å². The van der Waals surface area contributed by atoms with Gasteiger partial charge in [0.1, 0.15) is 5.75 Å². The maximum Gasteiger partial charge on any atom is 0.258 e. The molecule has 138 valence electrons. The highest BCUT2D eigenvalue weighted by Crippen LogP contribution is 2.23. The Morgan fingerprint density at radius 2 is 1.77 bits per heavy atom. The Hall–Kier alpha value is -2.82. The third kappa shape index (κ3) is 5.92. The van der Waals surface area contributed by atoms with Gasteiger partial charge in [-0.2, -0.15) is 0 Å². The predicted octanol–water partition coefficient (Wildman–Crippen LogP) is 3.77. The summed E-state index contributed by atoms with van der Waals surface area (Å²) in [4.78, 5) is 23.0. The number of amides is 2. The summed E-state index contributed by atoms with van der Waals surface area (Å²) in [5, 5.41) is 5.53. The summed E-state index contributed by atoms with van der Waals surface area (Å²) in [6.07, 6.45) is 0. The zero-order valence-electron chi connectivity index (χ0n) is 15.8. The number of benzene rings is 2. The van der Waals surface area contributed by atoms with Crippen LogP contribution < -0.4 is 15.4 Å². The molecule has 0 aliphatic heterocycles. The van der Waals surface area contributed by atoms with E-state index in [1.54, 1.807) is 12.1 Å². The Labute approximate surface area is 154 Å². The molecule has 2 N–H and O–H groups in total. The lowest BCUT2D eigenvalue weighted by molar-refractivity contribution is -0.123. The van der Waals surface area contributed by atoms with Gasteiger partial charge in [0.15, 0.2) is 6.61 Å². The van der Waals surface area contributed by atoms with Crippen molar-refractivity contribution in [2.24, 2.45) is 0 Å². The first-order valence-electron chi connectivity index (χ1n) is 8.71. The molecule has 0 unspecified atom stereocenters. The first-order chi connectivity index (χ1) is 12.3. The van der Waals surface area contributed by atoms with Gasteiger partial charge in [0.2, 0.25) is 5.91 Å². The fraction of sp³-hybridized carbons (Fsp3) is 0.333. The monoisotopic (exact) mass is 354 g/mol. The second-order valence-electron chi connectivity index (χ2n) is 6.62. The molecule has 0 bridgehead atoms. The number of nitrogens with one attached hydrogen (secondary N) is 2. The van der Waals surface area contributed by atoms with Gasteiger partial charge >= 0.3 is 0 Å². The largest absolute Gasteiger partial charge is 0.484 e. The van der Waals surface area contributed by atoms with Crippen LogP contribution in [0.1, 0.15) is 43.4 Å². The molecule has 5 nitrogen and oxygen atoms in total. The number of ether oxygens (including phenoxy) is 1. The number of carbonyl (C=O) groups is 2. The van der Waals surface area contributed by atoms with Crippen molar-refractivity contribution in [1.29, 1.82) is 0 Å². The molecule has 0 saturated heterocycles. The number of anilines is 1. The van der Waals surface area contributed by atoms with Gasteiger partial charge in [-0.3, -0.25) is 9.59 Å². The Balaban J connectivity index is 1.80. The molecule has 0 radical (unpaired) electrons. The van der Waals surface area contributed by atoms with Crippen LogP contribution in [0.25, 0.3) is 0 Å². The van der Waals surface area contributed by atoms with Crippen LogP contribution in [-0.4, -0.2) is 18.4 Å². The summed E-state index contributed by atoms with van der Waals surface area (Å²) in [5.41, 5.74) is 4.13. The summed E-state index contributed by atoms with van der Waals surface area (Å²) < 4.78 is 5.58. The van der Waals surface area contributed by atoms with E-state index in [0.29, 0.717) is 18.2 Å². The van der Waals surface area contributed by atoms with Crippen LogP contribution in [0, 0.1) is 6.92 Å². The van der Waals surface area contributed by atoms with E-state index in [2.05, 4.69) is 24.5 Å². The maximum absolute atomic E-state index is 12.0. The van der Waals surface area contributed by atoms with E-state index in [9.17, 15) is 9.59 Å². The summed E-state index contributed by atoms with van der Waals surface area (Å²) in [6.45, 7) is 8.20. The van der Waals surface area contributed by atoms with Gasteiger partial charge < -0.3 is 15.4 Å². The maximum atomic E-state index is 12.0. The molecular weight excluding hydrogens is 328 g/mol. The normalized spacial score (nSPS) is 10.5. The number of carbonyl (C=O) groups excluding carboxylic acids is 2. The third-order valence-electron chi connectivity index (χ3n) is 4.00. The van der Waals surface area contributed by atoms with Gasteiger partial charge in [0.25, 0.3) is 5.91 Å². The first kappa shape index (κ1) is 19.5. The zero-order valence-corrected chi connectivity index (χ0v) is 15.8. The molecule has 0 aliphatic rings. The third-order valence-corrected chi connectivity index (χ3v) is 4.00. The SMILES string of the molecule is CC(=O)Nc1ccc(CNC(=O)COc2ccc(C(C)C)c(C)c2)cc1. The van der Waals surface area contributed by atoms with Gasteiger partial charge in [-0.15, -0.1) is 0 Å². The van der Waals surface area contributed by atoms with Crippen molar-refractivity contribution in [3.8, 4) is 5.75 Å². The Kier molecular flexibility index (Phi) is 6.78. The van der Waals surface area contributed by atoms with Crippen LogP contribution in [0.4, 0.5) is 5.69 Å². The number of rotatable bonds is 7. The van der Waals surface area contributed by atoms with Crippen molar-refractivity contribution in [2.45, 2.75) is 40.2 Å². The topological polar surface area (TPSA) is 67.4 Å². The van der Waals surface area contributed by atoms with Crippen molar-refractivity contribution < 1.29 is 14.3 Å². The molecule has 0 heterocycles. The van der Waals surface area contributed by atoms with Gasteiger partial charge in [0.05, 0.1) is 0 Å². The van der Waals surface area contributed by atoms with E-state index in [4.69, 9.17) is 4.74 Å². The summed E-state index contributed by atoms with van der Waals surface area (Å²) in [5.74, 6) is 0.868. The smallest absolute Gasteiger partial charge is 0.258 e. The lowest BCUT2D eigenvalue weighted by atomic mass is 9.98. The van der Waals surface area contributed by atoms with Crippen LogP contribution in [0.2, 0.25) is 0 Å². The van der Waals surface area contributed by atoms with Crippen molar-refractivity contribution in [1.82, 2.24) is 5.32 Å². The number of hydrogen-bond donors (Lipinski definition) is 2. The predicted molar refractivity (Wildman–Crippen MR) is 103 cm³/mol. The minimum Gasteiger partial charge on any atom is -0.484 e. The summed E-state index contributed by atoms with van der Waals surface area (Å²) in [7, 11) is 0. The Morgan fingerprint density at radius 1 is 1.08 bits per heavy atom. The van der Waals surface area contributed by atoms with Gasteiger partial charge in [-0.05, 0) is 53.8 Å². The van der Waals surface area contributed by atoms with Crippen LogP contribution in [0.3, 0.4) is 0 Å².